The fourth-order valence-corrected chi connectivity index (χ4v) is 8.56. The zero-order chi connectivity index (χ0) is 34.6. The SMILES string of the molecule is CC1CC=c2c3c(n(-c4ccc(C#N)cc4)c2=C1c1cccc(C2=CCCc4c2n(-c2ccccc2C#N)c2ccccc42)c1)C=CC(C#N)C3. The summed E-state index contributed by atoms with van der Waals surface area (Å²) in [6.45, 7) is 2.30. The van der Waals surface area contributed by atoms with Gasteiger partial charge < -0.3 is 9.13 Å². The molecule has 3 aliphatic rings. The van der Waals surface area contributed by atoms with E-state index in [1.807, 2.05) is 48.5 Å². The molecule has 51 heavy (non-hydrogen) atoms. The molecule has 0 saturated heterocycles. The summed E-state index contributed by atoms with van der Waals surface area (Å²) in [6.07, 6.45) is 12.3. The van der Waals surface area contributed by atoms with E-state index in [1.54, 1.807) is 0 Å². The van der Waals surface area contributed by atoms with E-state index in [4.69, 9.17) is 0 Å². The molecule has 0 amide bonds. The van der Waals surface area contributed by atoms with Crippen LogP contribution < -0.4 is 10.6 Å². The van der Waals surface area contributed by atoms with Gasteiger partial charge in [0.05, 0.1) is 51.4 Å². The summed E-state index contributed by atoms with van der Waals surface area (Å²) in [7, 11) is 0. The summed E-state index contributed by atoms with van der Waals surface area (Å²) < 4.78 is 4.64. The van der Waals surface area contributed by atoms with Gasteiger partial charge in [0.1, 0.15) is 6.07 Å². The fourth-order valence-electron chi connectivity index (χ4n) is 8.56. The number of para-hydroxylation sites is 2. The average molecular weight is 656 g/mol. The van der Waals surface area contributed by atoms with E-state index in [0.29, 0.717) is 17.5 Å². The molecule has 0 N–H and O–H groups in total. The van der Waals surface area contributed by atoms with E-state index >= 15 is 0 Å². The molecule has 0 radical (unpaired) electrons. The standard InChI is InChI=1S/C46H33N5/c1-29-16-22-39-40-24-31(27-48)19-23-43(40)50(35-20-17-30(26-47)18-21-35)46(39)44(29)33-10-6-9-32(25-33)36-12-7-13-38-37-11-3-5-15-42(37)51(45(36)38)41-14-4-2-8-34(41)28-49/h2-6,8-12,14-15,17-23,25,29,31H,7,13,16,24H2,1H3. The number of allylic oxidation sites excluding steroid dienone is 2. The number of hydrogen-bond acceptors (Lipinski definition) is 3. The first kappa shape index (κ1) is 30.4. The molecular weight excluding hydrogens is 623 g/mol. The molecule has 2 aromatic heterocycles. The number of rotatable bonds is 4. The summed E-state index contributed by atoms with van der Waals surface area (Å²) in [5.74, 6) is 0.0881. The van der Waals surface area contributed by atoms with E-state index in [1.165, 1.54) is 43.8 Å². The van der Waals surface area contributed by atoms with Crippen LogP contribution in [-0.4, -0.2) is 9.13 Å². The minimum atomic E-state index is -0.164. The van der Waals surface area contributed by atoms with Crippen LogP contribution >= 0.6 is 0 Å². The van der Waals surface area contributed by atoms with Gasteiger partial charge in [-0.25, -0.2) is 0 Å². The van der Waals surface area contributed by atoms with Crippen molar-refractivity contribution in [1.29, 1.82) is 15.8 Å². The third-order valence-corrected chi connectivity index (χ3v) is 10.8. The third-order valence-electron chi connectivity index (χ3n) is 10.8. The first-order valence-electron chi connectivity index (χ1n) is 17.6. The van der Waals surface area contributed by atoms with Gasteiger partial charge in [0.15, 0.2) is 0 Å². The highest BCUT2D eigenvalue weighted by Crippen LogP contribution is 2.41. The topological polar surface area (TPSA) is 81.2 Å². The molecule has 5 nitrogen and oxygen atoms in total. The summed E-state index contributed by atoms with van der Waals surface area (Å²) in [5.41, 5.74) is 13.9. The van der Waals surface area contributed by atoms with Gasteiger partial charge in [-0.2, -0.15) is 15.8 Å². The number of fused-ring (bicyclic) bond motifs is 6. The van der Waals surface area contributed by atoms with Crippen molar-refractivity contribution in [2.24, 2.45) is 11.8 Å². The molecule has 6 aromatic rings. The number of aromatic nitrogens is 2. The van der Waals surface area contributed by atoms with Crippen molar-refractivity contribution >= 4 is 34.2 Å². The van der Waals surface area contributed by atoms with Gasteiger partial charge in [-0.3, -0.25) is 0 Å². The highest BCUT2D eigenvalue weighted by Gasteiger charge is 2.29. The van der Waals surface area contributed by atoms with Gasteiger partial charge in [0.2, 0.25) is 0 Å². The lowest BCUT2D eigenvalue weighted by Crippen LogP contribution is -2.37. The molecule has 2 unspecified atom stereocenters. The van der Waals surface area contributed by atoms with Crippen LogP contribution in [-0.2, 0) is 12.8 Å². The minimum Gasteiger partial charge on any atom is -0.309 e. The summed E-state index contributed by atoms with van der Waals surface area (Å²) >= 11 is 0. The fraction of sp³-hybridized carbons (Fsp3) is 0.152. The second kappa shape index (κ2) is 12.1. The zero-order valence-corrected chi connectivity index (χ0v) is 28.3. The predicted molar refractivity (Wildman–Crippen MR) is 202 cm³/mol. The summed E-state index contributed by atoms with van der Waals surface area (Å²) in [4.78, 5) is 0. The molecular formula is C46H33N5. The average Bonchev–Trinajstić information content (AvgIpc) is 3.70. The van der Waals surface area contributed by atoms with Crippen LogP contribution in [0.2, 0.25) is 0 Å². The lowest BCUT2D eigenvalue weighted by atomic mass is 9.84. The third kappa shape index (κ3) is 4.73. The van der Waals surface area contributed by atoms with Crippen LogP contribution in [0.1, 0.15) is 64.5 Å². The largest absolute Gasteiger partial charge is 0.309 e. The van der Waals surface area contributed by atoms with Crippen LogP contribution in [0.4, 0.5) is 0 Å². The molecule has 0 aliphatic heterocycles. The molecule has 242 valence electrons. The van der Waals surface area contributed by atoms with Gasteiger partial charge in [0.25, 0.3) is 0 Å². The molecule has 4 aromatic carbocycles. The molecule has 9 rings (SSSR count). The summed E-state index contributed by atoms with van der Waals surface area (Å²) in [6, 6.07) is 40.4. The van der Waals surface area contributed by atoms with Gasteiger partial charge >= 0.3 is 0 Å². The number of nitriles is 3. The Hall–Kier alpha value is -6.61. The van der Waals surface area contributed by atoms with Gasteiger partial charge in [0, 0.05) is 27.6 Å². The number of benzene rings is 4. The normalized spacial score (nSPS) is 17.3. The van der Waals surface area contributed by atoms with E-state index in [2.05, 4.69) is 107 Å². The first-order valence-corrected chi connectivity index (χ1v) is 17.6. The van der Waals surface area contributed by atoms with Crippen LogP contribution in [0, 0.1) is 45.8 Å². The number of hydrogen-bond donors (Lipinski definition) is 0. The second-order valence-electron chi connectivity index (χ2n) is 13.7. The Morgan fingerprint density at radius 3 is 2.39 bits per heavy atom. The number of aryl methyl sites for hydroxylation is 1. The van der Waals surface area contributed by atoms with Crippen molar-refractivity contribution < 1.29 is 0 Å². The van der Waals surface area contributed by atoms with Crippen LogP contribution in [0.5, 0.6) is 0 Å². The van der Waals surface area contributed by atoms with E-state index < -0.39 is 0 Å². The molecule has 0 saturated carbocycles. The van der Waals surface area contributed by atoms with Crippen molar-refractivity contribution in [1.82, 2.24) is 9.13 Å². The number of nitrogens with zero attached hydrogens (tertiary/aromatic N) is 5. The lowest BCUT2D eigenvalue weighted by Gasteiger charge is -2.23. The first-order chi connectivity index (χ1) is 25.1. The lowest BCUT2D eigenvalue weighted by molar-refractivity contribution is 0.762. The van der Waals surface area contributed by atoms with Crippen LogP contribution in [0.25, 0.3) is 45.6 Å². The molecule has 0 fully saturated rings. The highest BCUT2D eigenvalue weighted by molar-refractivity contribution is 5.96. The monoisotopic (exact) mass is 655 g/mol. The second-order valence-corrected chi connectivity index (χ2v) is 13.7. The van der Waals surface area contributed by atoms with Crippen LogP contribution in [0.15, 0.2) is 109 Å². The maximum atomic E-state index is 10.2. The molecule has 0 spiro atoms. The quantitative estimate of drug-likeness (QED) is 0.192. The van der Waals surface area contributed by atoms with Crippen molar-refractivity contribution in [3.63, 3.8) is 0 Å². The Kier molecular flexibility index (Phi) is 7.20. The van der Waals surface area contributed by atoms with Crippen molar-refractivity contribution in [3.05, 3.63) is 165 Å². The predicted octanol–water partition coefficient (Wildman–Crippen LogP) is 8.27. The smallest absolute Gasteiger partial charge is 0.101 e. The molecule has 2 heterocycles. The van der Waals surface area contributed by atoms with E-state index in [0.717, 1.165) is 53.1 Å². The molecule has 5 heteroatoms. The molecule has 3 aliphatic carbocycles. The van der Waals surface area contributed by atoms with Gasteiger partial charge in [-0.1, -0.05) is 73.7 Å². The minimum absolute atomic E-state index is 0.164. The van der Waals surface area contributed by atoms with E-state index in [-0.39, 0.29) is 11.8 Å². The van der Waals surface area contributed by atoms with Crippen LogP contribution in [0.3, 0.4) is 0 Å². The summed E-state index contributed by atoms with van der Waals surface area (Å²) in [5, 5.41) is 33.2. The Labute approximate surface area is 296 Å². The Balaban J connectivity index is 1.29. The van der Waals surface area contributed by atoms with Gasteiger partial charge in [-0.05, 0) is 114 Å². The molecule has 2 atom stereocenters. The Morgan fingerprint density at radius 1 is 0.765 bits per heavy atom. The Bertz CT molecular complexity index is 2750. The molecule has 0 bridgehead atoms. The highest BCUT2D eigenvalue weighted by atomic mass is 15.0. The van der Waals surface area contributed by atoms with Crippen molar-refractivity contribution in [2.75, 3.05) is 0 Å². The Morgan fingerprint density at radius 2 is 1.57 bits per heavy atom. The maximum Gasteiger partial charge on any atom is 0.101 e. The maximum absolute atomic E-state index is 10.2. The zero-order valence-electron chi connectivity index (χ0n) is 28.3. The van der Waals surface area contributed by atoms with E-state index in [9.17, 15) is 15.8 Å². The van der Waals surface area contributed by atoms with Gasteiger partial charge in [-0.15, -0.1) is 0 Å². The van der Waals surface area contributed by atoms with Crippen molar-refractivity contribution in [2.45, 2.75) is 32.6 Å². The van der Waals surface area contributed by atoms with Crippen molar-refractivity contribution in [3.8, 4) is 29.6 Å².